The van der Waals surface area contributed by atoms with Gasteiger partial charge in [0, 0.05) is 0 Å². The Labute approximate surface area is 60.9 Å². The zero-order valence-electron chi connectivity index (χ0n) is 4.80. The Hall–Kier alpha value is -0.640. The van der Waals surface area contributed by atoms with E-state index >= 15 is 0 Å². The van der Waals surface area contributed by atoms with Gasteiger partial charge in [-0.2, -0.15) is 0 Å². The normalized spacial score (nSPS) is 9.56. The minimum absolute atomic E-state index is 0.0700. The second-order valence-corrected chi connectivity index (χ2v) is 2.34. The van der Waals surface area contributed by atoms with Gasteiger partial charge in [0.05, 0.1) is 6.20 Å². The SMILES string of the molecule is Cc1ncc(O)c(Br)n1. The van der Waals surface area contributed by atoms with Crippen LogP contribution in [0.5, 0.6) is 5.75 Å². The van der Waals surface area contributed by atoms with Crippen molar-refractivity contribution in [3.05, 3.63) is 16.6 Å². The number of nitrogens with zero attached hydrogens (tertiary/aromatic N) is 2. The lowest BCUT2D eigenvalue weighted by atomic mass is 10.6. The molecule has 1 heterocycles. The fourth-order valence-corrected chi connectivity index (χ4v) is 0.795. The van der Waals surface area contributed by atoms with E-state index < -0.39 is 0 Å². The van der Waals surface area contributed by atoms with Crippen molar-refractivity contribution < 1.29 is 5.11 Å². The van der Waals surface area contributed by atoms with Crippen molar-refractivity contribution in [2.24, 2.45) is 0 Å². The third-order valence-corrected chi connectivity index (χ3v) is 1.43. The van der Waals surface area contributed by atoms with Gasteiger partial charge in [0.25, 0.3) is 0 Å². The van der Waals surface area contributed by atoms with Gasteiger partial charge in [0.2, 0.25) is 0 Å². The van der Waals surface area contributed by atoms with Gasteiger partial charge in [-0.1, -0.05) is 0 Å². The fraction of sp³-hybridized carbons (Fsp3) is 0.200. The molecule has 0 aliphatic rings. The highest BCUT2D eigenvalue weighted by Gasteiger charge is 1.96. The van der Waals surface area contributed by atoms with Crippen LogP contribution in [-0.2, 0) is 0 Å². The molecule has 4 heteroatoms. The first kappa shape index (κ1) is 6.48. The van der Waals surface area contributed by atoms with Gasteiger partial charge in [-0.25, -0.2) is 9.97 Å². The Bertz CT molecular complexity index is 226. The van der Waals surface area contributed by atoms with E-state index in [1.54, 1.807) is 6.92 Å². The Balaban J connectivity index is 3.17. The molecule has 1 rings (SSSR count). The highest BCUT2D eigenvalue weighted by molar-refractivity contribution is 9.10. The molecule has 0 saturated heterocycles. The standard InChI is InChI=1S/C5H5BrN2O/c1-3-7-2-4(9)5(6)8-3/h2,9H,1H3. The van der Waals surface area contributed by atoms with E-state index in [-0.39, 0.29) is 5.75 Å². The summed E-state index contributed by atoms with van der Waals surface area (Å²) in [7, 11) is 0. The molecule has 1 aromatic heterocycles. The molecule has 48 valence electrons. The zero-order valence-corrected chi connectivity index (χ0v) is 6.38. The number of rotatable bonds is 0. The summed E-state index contributed by atoms with van der Waals surface area (Å²) in [6.07, 6.45) is 1.35. The topological polar surface area (TPSA) is 46.0 Å². The van der Waals surface area contributed by atoms with Crippen molar-refractivity contribution in [1.82, 2.24) is 9.97 Å². The third kappa shape index (κ3) is 1.38. The van der Waals surface area contributed by atoms with Crippen molar-refractivity contribution in [2.45, 2.75) is 6.92 Å². The molecule has 9 heavy (non-hydrogen) atoms. The van der Waals surface area contributed by atoms with Crippen LogP contribution in [0.15, 0.2) is 10.8 Å². The molecular weight excluding hydrogens is 184 g/mol. The highest BCUT2D eigenvalue weighted by Crippen LogP contribution is 2.18. The van der Waals surface area contributed by atoms with Crippen LogP contribution >= 0.6 is 15.9 Å². The first-order chi connectivity index (χ1) is 4.20. The summed E-state index contributed by atoms with van der Waals surface area (Å²) in [5.41, 5.74) is 0. The lowest BCUT2D eigenvalue weighted by Crippen LogP contribution is -1.85. The summed E-state index contributed by atoms with van der Waals surface area (Å²) in [6.45, 7) is 1.75. The van der Waals surface area contributed by atoms with Crippen LogP contribution in [-0.4, -0.2) is 15.1 Å². The molecule has 0 aliphatic carbocycles. The number of aryl methyl sites for hydroxylation is 1. The molecule has 0 spiro atoms. The van der Waals surface area contributed by atoms with Crippen molar-refractivity contribution in [3.8, 4) is 5.75 Å². The summed E-state index contributed by atoms with van der Waals surface area (Å²) in [5.74, 6) is 0.709. The summed E-state index contributed by atoms with van der Waals surface area (Å²) in [6, 6.07) is 0. The van der Waals surface area contributed by atoms with E-state index in [0.717, 1.165) is 0 Å². The maximum Gasteiger partial charge on any atom is 0.167 e. The predicted molar refractivity (Wildman–Crippen MR) is 36.1 cm³/mol. The molecule has 0 saturated carbocycles. The van der Waals surface area contributed by atoms with E-state index in [0.29, 0.717) is 10.4 Å². The molecule has 0 fully saturated rings. The summed E-state index contributed by atoms with van der Waals surface area (Å²) < 4.78 is 0.440. The first-order valence-corrected chi connectivity index (χ1v) is 3.17. The van der Waals surface area contributed by atoms with Crippen molar-refractivity contribution in [2.75, 3.05) is 0 Å². The van der Waals surface area contributed by atoms with Gasteiger partial charge < -0.3 is 5.11 Å². The van der Waals surface area contributed by atoms with Gasteiger partial charge in [-0.05, 0) is 22.9 Å². The molecule has 3 nitrogen and oxygen atoms in total. The van der Waals surface area contributed by atoms with Crippen LogP contribution in [0.3, 0.4) is 0 Å². The monoisotopic (exact) mass is 188 g/mol. The van der Waals surface area contributed by atoms with Crippen LogP contribution < -0.4 is 0 Å². The molecule has 0 bridgehead atoms. The van der Waals surface area contributed by atoms with Gasteiger partial charge in [-0.15, -0.1) is 0 Å². The number of aromatic hydroxyl groups is 1. The fourth-order valence-electron chi connectivity index (χ4n) is 0.436. The van der Waals surface area contributed by atoms with Crippen LogP contribution in [0.25, 0.3) is 0 Å². The summed E-state index contributed by atoms with van der Waals surface area (Å²) in [5, 5.41) is 8.87. The van der Waals surface area contributed by atoms with Crippen LogP contribution in [0.1, 0.15) is 5.82 Å². The molecule has 0 atom stereocenters. The molecule has 0 radical (unpaired) electrons. The number of hydrogen-bond acceptors (Lipinski definition) is 3. The number of halogens is 1. The van der Waals surface area contributed by atoms with Crippen LogP contribution in [0, 0.1) is 6.92 Å². The molecular formula is C5H5BrN2O. The van der Waals surface area contributed by atoms with E-state index in [4.69, 9.17) is 5.11 Å². The van der Waals surface area contributed by atoms with E-state index in [1.807, 2.05) is 0 Å². The number of aromatic nitrogens is 2. The largest absolute Gasteiger partial charge is 0.504 e. The lowest BCUT2D eigenvalue weighted by molar-refractivity contribution is 0.464. The molecule has 0 unspecified atom stereocenters. The van der Waals surface area contributed by atoms with Gasteiger partial charge in [0.1, 0.15) is 5.82 Å². The smallest absolute Gasteiger partial charge is 0.167 e. The lowest BCUT2D eigenvalue weighted by Gasteiger charge is -1.93. The minimum atomic E-state index is 0.0700. The van der Waals surface area contributed by atoms with Crippen LogP contribution in [0.2, 0.25) is 0 Å². The summed E-state index contributed by atoms with van der Waals surface area (Å²) in [4.78, 5) is 7.58. The first-order valence-electron chi connectivity index (χ1n) is 2.38. The quantitative estimate of drug-likeness (QED) is 0.624. The molecule has 0 amide bonds. The number of hydrogen-bond donors (Lipinski definition) is 1. The van der Waals surface area contributed by atoms with E-state index in [9.17, 15) is 0 Å². The Morgan fingerprint density at radius 2 is 2.33 bits per heavy atom. The predicted octanol–water partition coefficient (Wildman–Crippen LogP) is 1.25. The second kappa shape index (κ2) is 2.31. The Morgan fingerprint density at radius 3 is 2.78 bits per heavy atom. The molecule has 0 aromatic carbocycles. The van der Waals surface area contributed by atoms with Crippen LogP contribution in [0.4, 0.5) is 0 Å². The van der Waals surface area contributed by atoms with E-state index in [2.05, 4.69) is 25.9 Å². The maximum absolute atomic E-state index is 8.87. The van der Waals surface area contributed by atoms with Crippen molar-refractivity contribution >= 4 is 15.9 Å². The van der Waals surface area contributed by atoms with Gasteiger partial charge in [-0.3, -0.25) is 0 Å². The molecule has 1 N–H and O–H groups in total. The van der Waals surface area contributed by atoms with Gasteiger partial charge >= 0.3 is 0 Å². The Morgan fingerprint density at radius 1 is 1.67 bits per heavy atom. The third-order valence-electron chi connectivity index (χ3n) is 0.845. The highest BCUT2D eigenvalue weighted by atomic mass is 79.9. The van der Waals surface area contributed by atoms with E-state index in [1.165, 1.54) is 6.20 Å². The Kier molecular flexibility index (Phi) is 1.66. The maximum atomic E-state index is 8.87. The van der Waals surface area contributed by atoms with Crippen molar-refractivity contribution in [3.63, 3.8) is 0 Å². The van der Waals surface area contributed by atoms with Gasteiger partial charge in [0.15, 0.2) is 10.4 Å². The second-order valence-electron chi connectivity index (χ2n) is 1.59. The minimum Gasteiger partial charge on any atom is -0.504 e. The average molecular weight is 189 g/mol. The molecule has 0 aliphatic heterocycles. The summed E-state index contributed by atoms with van der Waals surface area (Å²) >= 11 is 3.04. The van der Waals surface area contributed by atoms with Crippen molar-refractivity contribution in [1.29, 1.82) is 0 Å². The zero-order chi connectivity index (χ0) is 6.85. The molecule has 1 aromatic rings. The average Bonchev–Trinajstić information content (AvgIpc) is 1.80.